The number of nitrogens with one attached hydrogen (secondary N) is 1. The smallest absolute Gasteiger partial charge is 0.310 e. The Labute approximate surface area is 155 Å². The first kappa shape index (κ1) is 20.1. The fourth-order valence-electron chi connectivity index (χ4n) is 2.70. The highest BCUT2D eigenvalue weighted by Gasteiger charge is 2.23. The summed E-state index contributed by atoms with van der Waals surface area (Å²) in [4.78, 5) is 12.2. The monoisotopic (exact) mass is 375 g/mol. The van der Waals surface area contributed by atoms with Crippen LogP contribution in [0.1, 0.15) is 23.6 Å². The van der Waals surface area contributed by atoms with E-state index in [-0.39, 0.29) is 18.9 Å². The van der Waals surface area contributed by atoms with Gasteiger partial charge in [0.15, 0.2) is 0 Å². The Hall–Kier alpha value is -2.18. The van der Waals surface area contributed by atoms with Gasteiger partial charge < -0.3 is 4.74 Å². The number of esters is 1. The Kier molecular flexibility index (Phi) is 7.36. The fraction of sp³-hybridized carbons (Fsp3) is 0.350. The second-order valence-corrected chi connectivity index (χ2v) is 8.04. The summed E-state index contributed by atoms with van der Waals surface area (Å²) < 4.78 is 32.4. The van der Waals surface area contributed by atoms with Crippen molar-refractivity contribution >= 4 is 16.0 Å². The van der Waals surface area contributed by atoms with Gasteiger partial charge >= 0.3 is 5.97 Å². The Balaban J connectivity index is 2.03. The van der Waals surface area contributed by atoms with Gasteiger partial charge in [0.1, 0.15) is 0 Å². The number of hydrogen-bond donors (Lipinski definition) is 1. The molecular formula is C20H25NO4S. The van der Waals surface area contributed by atoms with Crippen molar-refractivity contribution in [2.24, 2.45) is 5.92 Å². The first-order valence-electron chi connectivity index (χ1n) is 8.63. The molecule has 0 aliphatic carbocycles. The third-order valence-electron chi connectivity index (χ3n) is 3.93. The normalized spacial score (nSPS) is 12.5. The van der Waals surface area contributed by atoms with E-state index in [0.29, 0.717) is 12.0 Å². The van der Waals surface area contributed by atoms with Crippen LogP contribution in [0.4, 0.5) is 0 Å². The second-order valence-electron chi connectivity index (χ2n) is 6.24. The minimum Gasteiger partial charge on any atom is -0.466 e. The van der Waals surface area contributed by atoms with Gasteiger partial charge in [0.05, 0.1) is 18.3 Å². The number of carbonyl (C=O) groups excluding carboxylic acids is 1. The lowest BCUT2D eigenvalue weighted by atomic mass is 10.00. The summed E-state index contributed by atoms with van der Waals surface area (Å²) in [6, 6.07) is 16.9. The van der Waals surface area contributed by atoms with E-state index in [2.05, 4.69) is 4.72 Å². The van der Waals surface area contributed by atoms with Gasteiger partial charge in [0.2, 0.25) is 10.0 Å². The van der Waals surface area contributed by atoms with Crippen molar-refractivity contribution < 1.29 is 17.9 Å². The van der Waals surface area contributed by atoms with E-state index in [1.54, 1.807) is 13.0 Å². The molecule has 0 radical (unpaired) electrons. The minimum atomic E-state index is -3.54. The molecule has 0 aliphatic rings. The lowest BCUT2D eigenvalue weighted by Crippen LogP contribution is -2.35. The predicted molar refractivity (Wildman–Crippen MR) is 102 cm³/mol. The SMILES string of the molecule is CCOC(=O)C(CNS(=O)(=O)Cc1cccc(C)c1)Cc1ccccc1. The van der Waals surface area contributed by atoms with Crippen molar-refractivity contribution in [3.8, 4) is 0 Å². The van der Waals surface area contributed by atoms with Crippen LogP contribution >= 0.6 is 0 Å². The molecule has 140 valence electrons. The van der Waals surface area contributed by atoms with Crippen molar-refractivity contribution in [2.75, 3.05) is 13.2 Å². The summed E-state index contributed by atoms with van der Waals surface area (Å²) in [5, 5.41) is 0. The molecule has 0 aliphatic heterocycles. The average molecular weight is 375 g/mol. The molecule has 0 fully saturated rings. The summed E-state index contributed by atoms with van der Waals surface area (Å²) in [5.41, 5.74) is 2.68. The molecule has 0 saturated heterocycles. The molecule has 0 amide bonds. The van der Waals surface area contributed by atoms with Crippen LogP contribution in [0.25, 0.3) is 0 Å². The van der Waals surface area contributed by atoms with E-state index in [1.165, 1.54) is 0 Å². The van der Waals surface area contributed by atoms with Crippen LogP contribution in [-0.2, 0) is 31.7 Å². The highest BCUT2D eigenvalue weighted by atomic mass is 32.2. The lowest BCUT2D eigenvalue weighted by molar-refractivity contribution is -0.147. The summed E-state index contributed by atoms with van der Waals surface area (Å²) in [6.45, 7) is 3.93. The number of rotatable bonds is 9. The fourth-order valence-corrected chi connectivity index (χ4v) is 3.87. The van der Waals surface area contributed by atoms with Crippen LogP contribution in [0.2, 0.25) is 0 Å². The Bertz CT molecular complexity index is 819. The van der Waals surface area contributed by atoms with Crippen molar-refractivity contribution in [1.29, 1.82) is 0 Å². The molecule has 5 nitrogen and oxygen atoms in total. The molecule has 6 heteroatoms. The van der Waals surface area contributed by atoms with Gasteiger partial charge in [0, 0.05) is 6.54 Å². The van der Waals surface area contributed by atoms with Gasteiger partial charge in [-0.25, -0.2) is 13.1 Å². The van der Waals surface area contributed by atoms with Crippen LogP contribution < -0.4 is 4.72 Å². The molecule has 0 bridgehead atoms. The standard InChI is InChI=1S/C20H25NO4S/c1-3-25-20(22)19(13-17-9-5-4-6-10-17)14-21-26(23,24)15-18-11-7-8-16(2)12-18/h4-12,19,21H,3,13-15H2,1-2H3. The van der Waals surface area contributed by atoms with Crippen LogP contribution in [0.3, 0.4) is 0 Å². The van der Waals surface area contributed by atoms with Gasteiger partial charge in [-0.05, 0) is 31.4 Å². The zero-order valence-electron chi connectivity index (χ0n) is 15.1. The molecule has 2 aromatic carbocycles. The second kappa shape index (κ2) is 9.50. The summed E-state index contributed by atoms with van der Waals surface area (Å²) in [5.74, 6) is -1.07. The van der Waals surface area contributed by atoms with Crippen molar-refractivity contribution in [2.45, 2.75) is 26.0 Å². The van der Waals surface area contributed by atoms with Gasteiger partial charge in [-0.2, -0.15) is 0 Å². The van der Waals surface area contributed by atoms with Crippen molar-refractivity contribution in [3.63, 3.8) is 0 Å². The summed E-state index contributed by atoms with van der Waals surface area (Å²) in [6.07, 6.45) is 0.423. The Morgan fingerprint density at radius 1 is 1.08 bits per heavy atom. The van der Waals surface area contributed by atoms with Gasteiger partial charge in [-0.1, -0.05) is 60.2 Å². The first-order chi connectivity index (χ1) is 12.4. The molecule has 1 atom stereocenters. The maximum absolute atomic E-state index is 12.4. The van der Waals surface area contributed by atoms with E-state index in [0.717, 1.165) is 11.1 Å². The molecule has 0 heterocycles. The predicted octanol–water partition coefficient (Wildman–Crippen LogP) is 2.84. The number of sulfonamides is 1. The number of aryl methyl sites for hydroxylation is 1. The van der Waals surface area contributed by atoms with Crippen LogP contribution in [0, 0.1) is 12.8 Å². The summed E-state index contributed by atoms with van der Waals surface area (Å²) >= 11 is 0. The molecule has 1 N–H and O–H groups in total. The van der Waals surface area contributed by atoms with Gasteiger partial charge in [0.25, 0.3) is 0 Å². The molecule has 0 saturated carbocycles. The number of ether oxygens (including phenoxy) is 1. The third kappa shape index (κ3) is 6.61. The molecule has 1 unspecified atom stereocenters. The Morgan fingerprint density at radius 2 is 1.77 bits per heavy atom. The molecule has 2 aromatic rings. The zero-order chi connectivity index (χ0) is 19.0. The van der Waals surface area contributed by atoms with E-state index in [4.69, 9.17) is 4.74 Å². The molecule has 26 heavy (non-hydrogen) atoms. The number of benzene rings is 2. The Morgan fingerprint density at radius 3 is 2.42 bits per heavy atom. The third-order valence-corrected chi connectivity index (χ3v) is 5.25. The topological polar surface area (TPSA) is 72.5 Å². The van der Waals surface area contributed by atoms with E-state index >= 15 is 0 Å². The molecule has 0 aromatic heterocycles. The largest absolute Gasteiger partial charge is 0.466 e. The summed E-state index contributed by atoms with van der Waals surface area (Å²) in [7, 11) is -3.54. The quantitative estimate of drug-likeness (QED) is 0.684. The molecular weight excluding hydrogens is 350 g/mol. The van der Waals surface area contributed by atoms with Crippen molar-refractivity contribution in [3.05, 3.63) is 71.3 Å². The van der Waals surface area contributed by atoms with Gasteiger partial charge in [-0.15, -0.1) is 0 Å². The minimum absolute atomic E-state index is 0.0158. The molecule has 0 spiro atoms. The number of carbonyl (C=O) groups is 1. The first-order valence-corrected chi connectivity index (χ1v) is 10.3. The number of hydrogen-bond acceptors (Lipinski definition) is 4. The highest BCUT2D eigenvalue weighted by Crippen LogP contribution is 2.12. The van der Waals surface area contributed by atoms with Gasteiger partial charge in [-0.3, -0.25) is 4.79 Å². The average Bonchev–Trinajstić information content (AvgIpc) is 2.59. The van der Waals surface area contributed by atoms with Crippen LogP contribution in [-0.4, -0.2) is 27.5 Å². The zero-order valence-corrected chi connectivity index (χ0v) is 16.0. The van der Waals surface area contributed by atoms with Crippen LogP contribution in [0.15, 0.2) is 54.6 Å². The van der Waals surface area contributed by atoms with Crippen molar-refractivity contribution in [1.82, 2.24) is 4.72 Å². The lowest BCUT2D eigenvalue weighted by Gasteiger charge is -2.16. The van der Waals surface area contributed by atoms with E-state index < -0.39 is 21.9 Å². The van der Waals surface area contributed by atoms with E-state index in [1.807, 2.05) is 55.5 Å². The maximum Gasteiger partial charge on any atom is 0.310 e. The molecule has 2 rings (SSSR count). The maximum atomic E-state index is 12.4. The van der Waals surface area contributed by atoms with E-state index in [9.17, 15) is 13.2 Å². The highest BCUT2D eigenvalue weighted by molar-refractivity contribution is 7.88. The van der Waals surface area contributed by atoms with Crippen LogP contribution in [0.5, 0.6) is 0 Å².